The first kappa shape index (κ1) is 25.4. The van der Waals surface area contributed by atoms with Gasteiger partial charge >= 0.3 is 17.8 Å². The molecule has 0 bridgehead atoms. The fourth-order valence-corrected chi connectivity index (χ4v) is 4.11. The van der Waals surface area contributed by atoms with E-state index in [1.54, 1.807) is 0 Å². The molecule has 12 nitrogen and oxygen atoms in total. The molecule has 0 unspecified atom stereocenters. The summed E-state index contributed by atoms with van der Waals surface area (Å²) >= 11 is 0. The Kier molecular flexibility index (Phi) is 7.49. The summed E-state index contributed by atoms with van der Waals surface area (Å²) in [6, 6.07) is 15.7. The van der Waals surface area contributed by atoms with Crippen LogP contribution >= 0.6 is 0 Å². The Labute approximate surface area is 210 Å². The quantitative estimate of drug-likeness (QED) is 0.287. The Morgan fingerprint density at radius 2 is 1.68 bits per heavy atom. The molecule has 1 heterocycles. The highest BCUT2D eigenvalue weighted by Gasteiger charge is 2.29. The summed E-state index contributed by atoms with van der Waals surface area (Å²) in [5, 5.41) is 11.9. The summed E-state index contributed by atoms with van der Waals surface area (Å²) in [4.78, 5) is 66.6. The Morgan fingerprint density at radius 1 is 1.05 bits per heavy atom. The van der Waals surface area contributed by atoms with Gasteiger partial charge in [0.05, 0.1) is 0 Å². The number of hydrogen-bond donors (Lipinski definition) is 3. The molecule has 2 aromatic carbocycles. The van der Waals surface area contributed by atoms with E-state index in [9.17, 15) is 24.0 Å². The molecule has 0 fully saturated rings. The zero-order valence-corrected chi connectivity index (χ0v) is 19.8. The lowest BCUT2D eigenvalue weighted by atomic mass is 9.98. The topological polar surface area (TPSA) is 160 Å². The molecule has 1 aromatic heterocycles. The van der Waals surface area contributed by atoms with Crippen LogP contribution < -0.4 is 16.6 Å². The molecule has 1 aliphatic rings. The van der Waals surface area contributed by atoms with Crippen LogP contribution in [0.5, 0.6) is 0 Å². The van der Waals surface area contributed by atoms with Crippen molar-refractivity contribution in [3.05, 3.63) is 92.3 Å². The number of ether oxygens (including phenoxy) is 1. The van der Waals surface area contributed by atoms with Gasteiger partial charge in [-0.1, -0.05) is 48.5 Å². The van der Waals surface area contributed by atoms with Crippen molar-refractivity contribution >= 4 is 18.0 Å². The number of hydrogen-bond acceptors (Lipinski definition) is 7. The average molecular weight is 508 g/mol. The maximum atomic E-state index is 12.5. The third kappa shape index (κ3) is 5.76. The molecule has 3 aromatic rings. The standard InChI is InChI=1S/C25H24N4O8/c1-15-10-28(24(34)27-23(15)33)11-21(30)29(12-22(31)32)37-14-26-25(35)36-13-20-18-8-4-2-6-16(18)17-7-3-5-9-19(17)20/h2-10,20H,11-14H2,1H3,(H,26,35)(H,31,32)(H,27,33,34). The minimum absolute atomic E-state index is 0.0616. The van der Waals surface area contributed by atoms with Gasteiger partial charge in [0.1, 0.15) is 26.4 Å². The van der Waals surface area contributed by atoms with Crippen LogP contribution in [0, 0.1) is 6.92 Å². The average Bonchev–Trinajstić information content (AvgIpc) is 3.19. The van der Waals surface area contributed by atoms with E-state index in [-0.39, 0.29) is 18.1 Å². The number of aryl methyl sites for hydroxylation is 1. The molecule has 37 heavy (non-hydrogen) atoms. The molecule has 0 saturated heterocycles. The normalized spacial score (nSPS) is 11.9. The van der Waals surface area contributed by atoms with Gasteiger partial charge in [-0.05, 0) is 29.2 Å². The van der Waals surface area contributed by atoms with Crippen molar-refractivity contribution in [2.75, 3.05) is 19.9 Å². The van der Waals surface area contributed by atoms with Gasteiger partial charge in [0.2, 0.25) is 0 Å². The number of aromatic nitrogens is 2. The maximum absolute atomic E-state index is 12.5. The van der Waals surface area contributed by atoms with Gasteiger partial charge in [-0.3, -0.25) is 29.3 Å². The molecule has 192 valence electrons. The molecule has 1 aliphatic carbocycles. The molecule has 0 atom stereocenters. The van der Waals surface area contributed by atoms with Gasteiger partial charge in [0.25, 0.3) is 11.5 Å². The Morgan fingerprint density at radius 3 is 2.30 bits per heavy atom. The molecular formula is C25H24N4O8. The summed E-state index contributed by atoms with van der Waals surface area (Å²) in [5.74, 6) is -2.41. The van der Waals surface area contributed by atoms with Crippen LogP contribution in [-0.2, 0) is 25.7 Å². The summed E-state index contributed by atoms with van der Waals surface area (Å²) in [6.45, 7) is -0.485. The van der Waals surface area contributed by atoms with Gasteiger partial charge in [-0.2, -0.15) is 0 Å². The van der Waals surface area contributed by atoms with Gasteiger partial charge in [0.15, 0.2) is 0 Å². The number of carboxylic acids is 1. The summed E-state index contributed by atoms with van der Waals surface area (Å²) in [5.41, 5.74) is 2.99. The fraction of sp³-hybridized carbons (Fsp3) is 0.240. The summed E-state index contributed by atoms with van der Waals surface area (Å²) in [6.07, 6.45) is 0.351. The van der Waals surface area contributed by atoms with Crippen molar-refractivity contribution in [3.8, 4) is 11.1 Å². The number of rotatable bonds is 9. The second-order valence-electron chi connectivity index (χ2n) is 8.30. The second-order valence-corrected chi connectivity index (χ2v) is 8.30. The molecule has 0 spiro atoms. The van der Waals surface area contributed by atoms with Crippen LogP contribution in [0.4, 0.5) is 4.79 Å². The number of aliphatic carboxylic acids is 1. The Bertz CT molecular complexity index is 1420. The van der Waals surface area contributed by atoms with Crippen molar-refractivity contribution < 1.29 is 29.1 Å². The number of carbonyl (C=O) groups excluding carboxylic acids is 2. The van der Waals surface area contributed by atoms with Crippen LogP contribution in [0.25, 0.3) is 11.1 Å². The molecule has 0 aliphatic heterocycles. The lowest BCUT2D eigenvalue weighted by molar-refractivity contribution is -0.194. The number of benzene rings is 2. The zero-order valence-electron chi connectivity index (χ0n) is 19.8. The fourth-order valence-electron chi connectivity index (χ4n) is 4.11. The second kappa shape index (κ2) is 10.9. The number of hydroxylamine groups is 2. The number of aromatic amines is 1. The minimum atomic E-state index is -1.38. The monoisotopic (exact) mass is 508 g/mol. The molecule has 0 radical (unpaired) electrons. The zero-order chi connectivity index (χ0) is 26.5. The van der Waals surface area contributed by atoms with Crippen molar-refractivity contribution in [2.45, 2.75) is 19.4 Å². The van der Waals surface area contributed by atoms with Crippen LogP contribution in [-0.4, -0.2) is 57.6 Å². The number of H-pyrrole nitrogens is 1. The highest BCUT2D eigenvalue weighted by molar-refractivity contribution is 5.80. The Balaban J connectivity index is 1.33. The summed E-state index contributed by atoms with van der Waals surface area (Å²) in [7, 11) is 0. The van der Waals surface area contributed by atoms with Crippen LogP contribution in [0.2, 0.25) is 0 Å². The number of amides is 2. The lowest BCUT2D eigenvalue weighted by Gasteiger charge is -2.21. The number of nitrogens with one attached hydrogen (secondary N) is 2. The van der Waals surface area contributed by atoms with E-state index in [1.165, 1.54) is 13.1 Å². The number of nitrogens with zero attached hydrogens (tertiary/aromatic N) is 2. The van der Waals surface area contributed by atoms with E-state index in [0.29, 0.717) is 5.06 Å². The van der Waals surface area contributed by atoms with Gasteiger partial charge < -0.3 is 9.84 Å². The third-order valence-electron chi connectivity index (χ3n) is 5.83. The number of carbonyl (C=O) groups is 3. The first-order chi connectivity index (χ1) is 17.7. The van der Waals surface area contributed by atoms with Crippen molar-refractivity contribution in [2.24, 2.45) is 0 Å². The van der Waals surface area contributed by atoms with Crippen LogP contribution in [0.3, 0.4) is 0 Å². The van der Waals surface area contributed by atoms with Crippen LogP contribution in [0.1, 0.15) is 22.6 Å². The Hall–Kier alpha value is -4.71. The maximum Gasteiger partial charge on any atom is 0.409 e. The molecule has 12 heteroatoms. The van der Waals surface area contributed by atoms with Gasteiger partial charge in [0, 0.05) is 17.7 Å². The van der Waals surface area contributed by atoms with Crippen LogP contribution in [0.15, 0.2) is 64.3 Å². The minimum Gasteiger partial charge on any atom is -0.480 e. The first-order valence-corrected chi connectivity index (χ1v) is 11.3. The van der Waals surface area contributed by atoms with E-state index in [2.05, 4.69) is 10.3 Å². The lowest BCUT2D eigenvalue weighted by Crippen LogP contribution is -2.43. The number of alkyl carbamates (subject to hydrolysis) is 1. The number of fused-ring (bicyclic) bond motifs is 3. The predicted molar refractivity (Wildman–Crippen MR) is 130 cm³/mol. The molecule has 3 N–H and O–H groups in total. The van der Waals surface area contributed by atoms with E-state index in [1.807, 2.05) is 48.5 Å². The molecule has 0 saturated carbocycles. The largest absolute Gasteiger partial charge is 0.480 e. The van der Waals surface area contributed by atoms with E-state index in [4.69, 9.17) is 14.7 Å². The smallest absolute Gasteiger partial charge is 0.409 e. The van der Waals surface area contributed by atoms with E-state index in [0.717, 1.165) is 26.8 Å². The van der Waals surface area contributed by atoms with Crippen molar-refractivity contribution in [3.63, 3.8) is 0 Å². The molecular weight excluding hydrogens is 484 g/mol. The highest BCUT2D eigenvalue weighted by atomic mass is 16.7. The van der Waals surface area contributed by atoms with Gasteiger partial charge in [-0.25, -0.2) is 19.5 Å². The van der Waals surface area contributed by atoms with Crippen molar-refractivity contribution in [1.29, 1.82) is 0 Å². The SMILES string of the molecule is Cc1cn(CC(=O)N(CC(=O)O)OCNC(=O)OCC2c3ccccc3-c3ccccc32)c(=O)[nH]c1=O. The molecule has 4 rings (SSSR count). The van der Waals surface area contributed by atoms with E-state index >= 15 is 0 Å². The predicted octanol–water partition coefficient (Wildman–Crippen LogP) is 1.19. The van der Waals surface area contributed by atoms with E-state index < -0.39 is 49.0 Å². The van der Waals surface area contributed by atoms with Crippen molar-refractivity contribution in [1.82, 2.24) is 19.9 Å². The number of carboxylic acid groups (broad SMARTS) is 1. The van der Waals surface area contributed by atoms with Gasteiger partial charge in [-0.15, -0.1) is 0 Å². The highest BCUT2D eigenvalue weighted by Crippen LogP contribution is 2.44. The molecule has 2 amide bonds. The first-order valence-electron chi connectivity index (χ1n) is 11.3. The third-order valence-corrected chi connectivity index (χ3v) is 5.83. The summed E-state index contributed by atoms with van der Waals surface area (Å²) < 4.78 is 6.28.